The number of nitrogens with one attached hydrogen (secondary N) is 1. The molecule has 0 aliphatic rings. The van der Waals surface area contributed by atoms with E-state index in [1.54, 1.807) is 6.07 Å². The molecular weight excluding hydrogens is 252 g/mol. The van der Waals surface area contributed by atoms with Crippen molar-refractivity contribution in [3.63, 3.8) is 0 Å². The van der Waals surface area contributed by atoms with Gasteiger partial charge in [-0.1, -0.05) is 19.1 Å². The van der Waals surface area contributed by atoms with Crippen LogP contribution < -0.4 is 16.0 Å². The van der Waals surface area contributed by atoms with Gasteiger partial charge in [-0.25, -0.2) is 10.8 Å². The van der Waals surface area contributed by atoms with Gasteiger partial charge in [-0.3, -0.25) is 0 Å². The van der Waals surface area contributed by atoms with E-state index in [0.717, 1.165) is 30.0 Å². The number of anilines is 1. The molecule has 3 N–H and O–H groups in total. The van der Waals surface area contributed by atoms with Crippen LogP contribution in [0.2, 0.25) is 0 Å². The molecule has 5 heteroatoms. The van der Waals surface area contributed by atoms with Crippen LogP contribution in [0.5, 0.6) is 11.6 Å². The van der Waals surface area contributed by atoms with E-state index in [-0.39, 0.29) is 0 Å². The van der Waals surface area contributed by atoms with E-state index in [1.807, 2.05) is 19.1 Å². The van der Waals surface area contributed by atoms with E-state index >= 15 is 0 Å². The second kappa shape index (κ2) is 6.34. The number of nitrogen functional groups attached to an aromatic ring is 1. The summed E-state index contributed by atoms with van der Waals surface area (Å²) in [5, 5.41) is 0. The molecule has 0 bridgehead atoms. The Bertz CT molecular complexity index is 598. The lowest BCUT2D eigenvalue weighted by molar-refractivity contribution is 0.455. The van der Waals surface area contributed by atoms with Crippen LogP contribution in [-0.4, -0.2) is 9.97 Å². The lowest BCUT2D eigenvalue weighted by Crippen LogP contribution is -2.11. The monoisotopic (exact) mass is 272 g/mol. The van der Waals surface area contributed by atoms with Crippen molar-refractivity contribution in [3.8, 4) is 11.6 Å². The van der Waals surface area contributed by atoms with Gasteiger partial charge in [0.05, 0.1) is 0 Å². The van der Waals surface area contributed by atoms with Crippen molar-refractivity contribution in [1.82, 2.24) is 9.97 Å². The molecule has 20 heavy (non-hydrogen) atoms. The third-order valence-corrected chi connectivity index (χ3v) is 3.14. The molecule has 0 amide bonds. The average molecular weight is 272 g/mol. The molecule has 2 rings (SSSR count). The zero-order valence-corrected chi connectivity index (χ0v) is 12.1. The van der Waals surface area contributed by atoms with Gasteiger partial charge >= 0.3 is 0 Å². The zero-order valence-electron chi connectivity index (χ0n) is 12.1. The minimum absolute atomic E-state index is 0.505. The summed E-state index contributed by atoms with van der Waals surface area (Å²) in [6, 6.07) is 7.64. The van der Waals surface area contributed by atoms with Crippen LogP contribution in [0.15, 0.2) is 24.3 Å². The normalized spacial score (nSPS) is 10.4. The van der Waals surface area contributed by atoms with Crippen LogP contribution in [0.1, 0.15) is 30.3 Å². The molecule has 1 aromatic heterocycles. The number of hydrogen-bond donors (Lipinski definition) is 2. The highest BCUT2D eigenvalue weighted by Gasteiger charge is 2.08. The van der Waals surface area contributed by atoms with Crippen LogP contribution in [0.4, 0.5) is 5.82 Å². The molecule has 0 unspecified atom stereocenters. The number of benzene rings is 1. The number of aromatic nitrogens is 2. The molecule has 1 heterocycles. The summed E-state index contributed by atoms with van der Waals surface area (Å²) < 4.78 is 5.87. The molecule has 106 valence electrons. The summed E-state index contributed by atoms with van der Waals surface area (Å²) in [4.78, 5) is 8.70. The fourth-order valence-electron chi connectivity index (χ4n) is 1.88. The molecule has 0 fully saturated rings. The predicted octanol–water partition coefficient (Wildman–Crippen LogP) is 3.12. The van der Waals surface area contributed by atoms with Crippen LogP contribution in [0, 0.1) is 13.8 Å². The molecule has 2 aromatic rings. The molecule has 0 atom stereocenters. The molecule has 0 aliphatic carbocycles. The van der Waals surface area contributed by atoms with Crippen molar-refractivity contribution in [3.05, 3.63) is 41.2 Å². The van der Waals surface area contributed by atoms with Crippen molar-refractivity contribution in [2.45, 2.75) is 33.6 Å². The topological polar surface area (TPSA) is 73.1 Å². The number of nitrogens with two attached hydrogens (primary N) is 1. The Kier molecular flexibility index (Phi) is 4.53. The summed E-state index contributed by atoms with van der Waals surface area (Å²) in [5.74, 6) is 8.02. The van der Waals surface area contributed by atoms with E-state index in [2.05, 4.69) is 35.3 Å². The second-order valence-corrected chi connectivity index (χ2v) is 4.70. The fourth-order valence-corrected chi connectivity index (χ4v) is 1.88. The molecule has 0 radical (unpaired) electrons. The van der Waals surface area contributed by atoms with Crippen molar-refractivity contribution in [2.75, 3.05) is 5.43 Å². The second-order valence-electron chi connectivity index (χ2n) is 4.70. The van der Waals surface area contributed by atoms with Crippen LogP contribution >= 0.6 is 0 Å². The Morgan fingerprint density at radius 3 is 2.75 bits per heavy atom. The highest BCUT2D eigenvalue weighted by Crippen LogP contribution is 2.26. The smallest absolute Gasteiger partial charge is 0.224 e. The Morgan fingerprint density at radius 1 is 1.25 bits per heavy atom. The maximum absolute atomic E-state index is 5.87. The third-order valence-electron chi connectivity index (χ3n) is 3.14. The molecule has 0 saturated heterocycles. The SMILES string of the molecule is CCCc1nc(NN)cc(Oc2cccc(C)c2C)n1. The van der Waals surface area contributed by atoms with Crippen LogP contribution in [0.3, 0.4) is 0 Å². The summed E-state index contributed by atoms with van der Waals surface area (Å²) >= 11 is 0. The van der Waals surface area contributed by atoms with E-state index in [9.17, 15) is 0 Å². The van der Waals surface area contributed by atoms with Crippen LogP contribution in [0.25, 0.3) is 0 Å². The van der Waals surface area contributed by atoms with Crippen molar-refractivity contribution in [1.29, 1.82) is 0 Å². The minimum Gasteiger partial charge on any atom is -0.439 e. The van der Waals surface area contributed by atoms with Crippen LogP contribution in [-0.2, 0) is 6.42 Å². The fraction of sp³-hybridized carbons (Fsp3) is 0.333. The summed E-state index contributed by atoms with van der Waals surface area (Å²) in [5.41, 5.74) is 4.83. The molecule has 0 aliphatic heterocycles. The summed E-state index contributed by atoms with van der Waals surface area (Å²) in [7, 11) is 0. The number of hydrazine groups is 1. The van der Waals surface area contributed by atoms with Crippen molar-refractivity contribution < 1.29 is 4.74 Å². The van der Waals surface area contributed by atoms with Gasteiger partial charge in [-0.15, -0.1) is 0 Å². The van der Waals surface area contributed by atoms with E-state index < -0.39 is 0 Å². The number of aryl methyl sites for hydroxylation is 2. The largest absolute Gasteiger partial charge is 0.439 e. The van der Waals surface area contributed by atoms with E-state index in [0.29, 0.717) is 11.7 Å². The minimum atomic E-state index is 0.505. The highest BCUT2D eigenvalue weighted by molar-refractivity contribution is 5.43. The predicted molar refractivity (Wildman–Crippen MR) is 79.8 cm³/mol. The molecule has 1 aromatic carbocycles. The number of ether oxygens (including phenoxy) is 1. The Hall–Kier alpha value is -2.14. The van der Waals surface area contributed by atoms with Gasteiger partial charge in [-0.2, -0.15) is 4.98 Å². The first-order chi connectivity index (χ1) is 9.63. The number of nitrogens with zero attached hydrogens (tertiary/aromatic N) is 2. The first-order valence-electron chi connectivity index (χ1n) is 6.72. The summed E-state index contributed by atoms with van der Waals surface area (Å²) in [6.45, 7) is 6.16. The van der Waals surface area contributed by atoms with Gasteiger partial charge in [0.15, 0.2) is 0 Å². The Morgan fingerprint density at radius 2 is 2.05 bits per heavy atom. The average Bonchev–Trinajstić information content (AvgIpc) is 2.44. The molecule has 5 nitrogen and oxygen atoms in total. The standard InChI is InChI=1S/C15H20N4O/c1-4-6-13-17-14(19-16)9-15(18-13)20-12-8-5-7-10(2)11(12)3/h5,7-9H,4,6,16H2,1-3H3,(H,17,18,19). The Balaban J connectivity index is 2.32. The molecule has 0 saturated carbocycles. The quantitative estimate of drug-likeness (QED) is 0.646. The first-order valence-corrected chi connectivity index (χ1v) is 6.72. The highest BCUT2D eigenvalue weighted by atomic mass is 16.5. The van der Waals surface area contributed by atoms with Gasteiger partial charge in [0.2, 0.25) is 5.88 Å². The van der Waals surface area contributed by atoms with Gasteiger partial charge in [0.1, 0.15) is 17.4 Å². The maximum Gasteiger partial charge on any atom is 0.224 e. The third kappa shape index (κ3) is 3.24. The van der Waals surface area contributed by atoms with Gasteiger partial charge in [0, 0.05) is 12.5 Å². The first kappa shape index (κ1) is 14.3. The van der Waals surface area contributed by atoms with Gasteiger partial charge in [-0.05, 0) is 37.5 Å². The van der Waals surface area contributed by atoms with Crippen molar-refractivity contribution >= 4 is 5.82 Å². The van der Waals surface area contributed by atoms with Gasteiger partial charge in [0.25, 0.3) is 0 Å². The maximum atomic E-state index is 5.87. The Labute approximate surface area is 119 Å². The lowest BCUT2D eigenvalue weighted by Gasteiger charge is -2.11. The molecule has 0 spiro atoms. The van der Waals surface area contributed by atoms with Gasteiger partial charge < -0.3 is 10.2 Å². The van der Waals surface area contributed by atoms with E-state index in [1.165, 1.54) is 5.56 Å². The van der Waals surface area contributed by atoms with Crippen molar-refractivity contribution in [2.24, 2.45) is 5.84 Å². The lowest BCUT2D eigenvalue weighted by atomic mass is 10.1. The molecular formula is C15H20N4O. The van der Waals surface area contributed by atoms with E-state index in [4.69, 9.17) is 10.6 Å². The zero-order chi connectivity index (χ0) is 14.5. The summed E-state index contributed by atoms with van der Waals surface area (Å²) in [6.07, 6.45) is 1.76. The number of rotatable bonds is 5. The number of hydrogen-bond acceptors (Lipinski definition) is 5.